The van der Waals surface area contributed by atoms with Crippen molar-refractivity contribution in [2.45, 2.75) is 50.6 Å². The summed E-state index contributed by atoms with van der Waals surface area (Å²) in [4.78, 5) is 0. The van der Waals surface area contributed by atoms with Gasteiger partial charge in [0.1, 0.15) is 0 Å². The average Bonchev–Trinajstić information content (AvgIpc) is 3.01. The van der Waals surface area contributed by atoms with Crippen molar-refractivity contribution in [1.29, 1.82) is 0 Å². The smallest absolute Gasteiger partial charge is 0.0726 e. The van der Waals surface area contributed by atoms with Gasteiger partial charge in [0.2, 0.25) is 0 Å². The molecule has 2 aliphatic rings. The van der Waals surface area contributed by atoms with Gasteiger partial charge in [-0.25, -0.2) is 0 Å². The van der Waals surface area contributed by atoms with Gasteiger partial charge in [0.15, 0.2) is 0 Å². The van der Waals surface area contributed by atoms with Gasteiger partial charge >= 0.3 is 0 Å². The first-order valence-electron chi connectivity index (χ1n) is 6.92. The fourth-order valence-corrected chi connectivity index (χ4v) is 3.44. The van der Waals surface area contributed by atoms with Crippen LogP contribution in [0.4, 0.5) is 5.69 Å². The Labute approximate surface area is 103 Å². The molecule has 17 heavy (non-hydrogen) atoms. The van der Waals surface area contributed by atoms with Crippen LogP contribution in [0.25, 0.3) is 0 Å². The van der Waals surface area contributed by atoms with Gasteiger partial charge in [0.05, 0.1) is 11.9 Å². The van der Waals surface area contributed by atoms with E-state index >= 15 is 0 Å². The third-order valence-electron chi connectivity index (χ3n) is 4.28. The van der Waals surface area contributed by atoms with E-state index in [0.717, 1.165) is 17.6 Å². The number of hydrogen-bond donors (Lipinski definition) is 3. The first-order valence-corrected chi connectivity index (χ1v) is 6.92. The maximum Gasteiger partial charge on any atom is 0.0726 e. The summed E-state index contributed by atoms with van der Waals surface area (Å²) >= 11 is 0. The lowest BCUT2D eigenvalue weighted by molar-refractivity contribution is 0.263. The Morgan fingerprint density at radius 2 is 2.12 bits per heavy atom. The fourth-order valence-electron chi connectivity index (χ4n) is 3.44. The minimum Gasteiger partial charge on any atom is -0.379 e. The highest BCUT2D eigenvalue weighted by Crippen LogP contribution is 2.32. The number of H-pyrrole nitrogens is 1. The Kier molecular flexibility index (Phi) is 3.31. The highest BCUT2D eigenvalue weighted by Gasteiger charge is 2.33. The Morgan fingerprint density at radius 1 is 1.18 bits per heavy atom. The molecule has 1 aliphatic heterocycles. The summed E-state index contributed by atoms with van der Waals surface area (Å²) in [5.74, 6) is 0.793. The number of anilines is 1. The molecule has 3 unspecified atom stereocenters. The quantitative estimate of drug-likeness (QED) is 0.751. The van der Waals surface area contributed by atoms with E-state index in [1.54, 1.807) is 0 Å². The molecule has 1 saturated heterocycles. The van der Waals surface area contributed by atoms with E-state index in [9.17, 15) is 0 Å². The first kappa shape index (κ1) is 11.1. The molecule has 0 radical (unpaired) electrons. The molecule has 0 aromatic carbocycles. The molecule has 1 aromatic heterocycles. The van der Waals surface area contributed by atoms with Crippen molar-refractivity contribution in [3.8, 4) is 0 Å². The number of aromatic amines is 1. The second-order valence-electron chi connectivity index (χ2n) is 5.39. The van der Waals surface area contributed by atoms with Crippen LogP contribution in [0.3, 0.4) is 0 Å². The van der Waals surface area contributed by atoms with Gasteiger partial charge in [0, 0.05) is 18.3 Å². The molecular formula is C13H22N4. The Bertz CT molecular complexity index is 329. The molecule has 94 valence electrons. The molecule has 1 aliphatic carbocycles. The second-order valence-corrected chi connectivity index (χ2v) is 5.39. The van der Waals surface area contributed by atoms with Crippen molar-refractivity contribution in [3.63, 3.8) is 0 Å². The van der Waals surface area contributed by atoms with E-state index in [0.29, 0.717) is 6.04 Å². The molecule has 2 fully saturated rings. The summed E-state index contributed by atoms with van der Waals surface area (Å²) in [7, 11) is 0. The zero-order valence-corrected chi connectivity index (χ0v) is 10.3. The standard InChI is InChI=1S/C13H22N4/c1-2-5-13(17-10-8-15-16-9-10)11(4-1)12-6-3-7-14-12/h8-9,11-14,17H,1-7H2,(H,15,16). The maximum atomic E-state index is 4.01. The summed E-state index contributed by atoms with van der Waals surface area (Å²) in [6.45, 7) is 1.21. The van der Waals surface area contributed by atoms with Crippen LogP contribution in [0.15, 0.2) is 12.4 Å². The van der Waals surface area contributed by atoms with Crippen molar-refractivity contribution >= 4 is 5.69 Å². The highest BCUT2D eigenvalue weighted by atomic mass is 15.1. The fraction of sp³-hybridized carbons (Fsp3) is 0.769. The topological polar surface area (TPSA) is 52.7 Å². The summed E-state index contributed by atoms with van der Waals surface area (Å²) in [5.41, 5.74) is 1.14. The molecule has 3 atom stereocenters. The molecule has 4 heteroatoms. The molecular weight excluding hydrogens is 212 g/mol. The lowest BCUT2D eigenvalue weighted by atomic mass is 9.79. The molecule has 2 heterocycles. The predicted octanol–water partition coefficient (Wildman–Crippen LogP) is 2.13. The van der Waals surface area contributed by atoms with Gasteiger partial charge in [-0.3, -0.25) is 5.10 Å². The molecule has 0 bridgehead atoms. The van der Waals surface area contributed by atoms with E-state index in [2.05, 4.69) is 20.8 Å². The highest BCUT2D eigenvalue weighted by molar-refractivity contribution is 5.39. The average molecular weight is 234 g/mol. The molecule has 0 amide bonds. The molecule has 3 rings (SSSR count). The zero-order chi connectivity index (χ0) is 11.5. The monoisotopic (exact) mass is 234 g/mol. The molecule has 0 spiro atoms. The molecule has 1 aromatic rings. The van der Waals surface area contributed by atoms with E-state index < -0.39 is 0 Å². The number of aromatic nitrogens is 2. The van der Waals surface area contributed by atoms with Crippen LogP contribution in [0, 0.1) is 5.92 Å². The van der Waals surface area contributed by atoms with Crippen molar-refractivity contribution in [3.05, 3.63) is 12.4 Å². The van der Waals surface area contributed by atoms with Crippen LogP contribution < -0.4 is 10.6 Å². The number of nitrogens with zero attached hydrogens (tertiary/aromatic N) is 1. The van der Waals surface area contributed by atoms with Gasteiger partial charge in [-0.2, -0.15) is 5.10 Å². The van der Waals surface area contributed by atoms with Crippen molar-refractivity contribution in [2.24, 2.45) is 5.92 Å². The van der Waals surface area contributed by atoms with E-state index in [4.69, 9.17) is 0 Å². The third-order valence-corrected chi connectivity index (χ3v) is 4.28. The summed E-state index contributed by atoms with van der Waals surface area (Å²) < 4.78 is 0. The van der Waals surface area contributed by atoms with Crippen molar-refractivity contribution in [1.82, 2.24) is 15.5 Å². The van der Waals surface area contributed by atoms with Crippen molar-refractivity contribution < 1.29 is 0 Å². The van der Waals surface area contributed by atoms with Crippen LogP contribution in [0.5, 0.6) is 0 Å². The van der Waals surface area contributed by atoms with Gasteiger partial charge in [-0.15, -0.1) is 0 Å². The van der Waals surface area contributed by atoms with Crippen LogP contribution in [-0.2, 0) is 0 Å². The summed E-state index contributed by atoms with van der Waals surface area (Å²) in [6, 6.07) is 1.36. The number of nitrogens with one attached hydrogen (secondary N) is 3. The summed E-state index contributed by atoms with van der Waals surface area (Å²) in [5, 5.41) is 14.2. The van der Waals surface area contributed by atoms with Crippen LogP contribution in [0.2, 0.25) is 0 Å². The van der Waals surface area contributed by atoms with Crippen molar-refractivity contribution in [2.75, 3.05) is 11.9 Å². The number of hydrogen-bond acceptors (Lipinski definition) is 3. The van der Waals surface area contributed by atoms with Crippen LogP contribution in [0.1, 0.15) is 38.5 Å². The third kappa shape index (κ3) is 2.46. The lowest BCUT2D eigenvalue weighted by Crippen LogP contribution is -2.43. The predicted molar refractivity (Wildman–Crippen MR) is 69.0 cm³/mol. The Hall–Kier alpha value is -1.03. The maximum absolute atomic E-state index is 4.01. The van der Waals surface area contributed by atoms with Gasteiger partial charge in [0.25, 0.3) is 0 Å². The Balaban J connectivity index is 1.66. The SMILES string of the molecule is c1n[nH]cc1NC1CCCCC1C1CCCN1. The second kappa shape index (κ2) is 5.08. The summed E-state index contributed by atoms with van der Waals surface area (Å²) in [6.07, 6.45) is 12.0. The minimum absolute atomic E-state index is 0.622. The van der Waals surface area contributed by atoms with E-state index in [-0.39, 0.29) is 0 Å². The van der Waals surface area contributed by atoms with Crippen LogP contribution in [-0.4, -0.2) is 28.8 Å². The van der Waals surface area contributed by atoms with Gasteiger partial charge in [-0.1, -0.05) is 12.8 Å². The Morgan fingerprint density at radius 3 is 2.88 bits per heavy atom. The van der Waals surface area contributed by atoms with Gasteiger partial charge in [-0.05, 0) is 38.1 Å². The first-order chi connectivity index (χ1) is 8.43. The van der Waals surface area contributed by atoms with Crippen LogP contribution >= 0.6 is 0 Å². The van der Waals surface area contributed by atoms with E-state index in [1.807, 2.05) is 12.4 Å². The molecule has 1 saturated carbocycles. The normalized spacial score (nSPS) is 33.8. The molecule has 4 nitrogen and oxygen atoms in total. The van der Waals surface area contributed by atoms with E-state index in [1.165, 1.54) is 45.1 Å². The zero-order valence-electron chi connectivity index (χ0n) is 10.3. The number of rotatable bonds is 3. The largest absolute Gasteiger partial charge is 0.379 e. The molecule has 3 N–H and O–H groups in total. The lowest BCUT2D eigenvalue weighted by Gasteiger charge is -2.36. The van der Waals surface area contributed by atoms with Gasteiger partial charge < -0.3 is 10.6 Å². The minimum atomic E-state index is 0.622.